The van der Waals surface area contributed by atoms with Crippen molar-refractivity contribution in [2.75, 3.05) is 6.26 Å². The van der Waals surface area contributed by atoms with Crippen molar-refractivity contribution in [1.82, 2.24) is 15.0 Å². The van der Waals surface area contributed by atoms with Crippen LogP contribution in [0.15, 0.2) is 51.9 Å². The van der Waals surface area contributed by atoms with Gasteiger partial charge in [-0.1, -0.05) is 28.9 Å². The van der Waals surface area contributed by atoms with E-state index in [0.29, 0.717) is 31.1 Å². The molecule has 2 aromatic carbocycles. The molecule has 0 bridgehead atoms. The molecule has 0 N–H and O–H groups in total. The van der Waals surface area contributed by atoms with Gasteiger partial charge < -0.3 is 9.42 Å². The first kappa shape index (κ1) is 18.7. The zero-order chi connectivity index (χ0) is 19.7. The van der Waals surface area contributed by atoms with Gasteiger partial charge in [-0.25, -0.2) is 0 Å². The maximum Gasteiger partial charge on any atom is 0.249 e. The Balaban J connectivity index is 1.57. The predicted molar refractivity (Wildman–Crippen MR) is 110 cm³/mol. The van der Waals surface area contributed by atoms with E-state index in [4.69, 9.17) is 4.52 Å². The van der Waals surface area contributed by atoms with Crippen molar-refractivity contribution in [1.29, 1.82) is 0 Å². The molecule has 0 aliphatic carbocycles. The van der Waals surface area contributed by atoms with E-state index in [0.717, 1.165) is 11.1 Å². The SMILES string of the molecule is CSc1ccc(-c2noc(C3CCC(=O)N3Cc3ccc(C)cc3C)n2)cc1. The second kappa shape index (κ2) is 7.80. The summed E-state index contributed by atoms with van der Waals surface area (Å²) in [7, 11) is 0. The summed E-state index contributed by atoms with van der Waals surface area (Å²) in [6.45, 7) is 4.73. The van der Waals surface area contributed by atoms with Crippen molar-refractivity contribution in [3.63, 3.8) is 0 Å². The van der Waals surface area contributed by atoms with Crippen molar-refractivity contribution in [3.05, 3.63) is 65.0 Å². The van der Waals surface area contributed by atoms with Crippen molar-refractivity contribution < 1.29 is 9.32 Å². The van der Waals surface area contributed by atoms with Gasteiger partial charge in [0.15, 0.2) is 0 Å². The van der Waals surface area contributed by atoms with Gasteiger partial charge in [0.1, 0.15) is 6.04 Å². The lowest BCUT2D eigenvalue weighted by atomic mass is 10.0. The molecule has 6 heteroatoms. The minimum atomic E-state index is -0.167. The van der Waals surface area contributed by atoms with Gasteiger partial charge >= 0.3 is 0 Å². The van der Waals surface area contributed by atoms with Gasteiger partial charge in [-0.2, -0.15) is 4.98 Å². The van der Waals surface area contributed by atoms with Crippen molar-refractivity contribution in [2.24, 2.45) is 0 Å². The molecule has 144 valence electrons. The lowest BCUT2D eigenvalue weighted by Gasteiger charge is -2.23. The Bertz CT molecular complexity index is 997. The predicted octanol–water partition coefficient (Wildman–Crippen LogP) is 4.94. The first-order valence-electron chi connectivity index (χ1n) is 9.39. The second-order valence-electron chi connectivity index (χ2n) is 7.19. The molecule has 1 atom stereocenters. The minimum absolute atomic E-state index is 0.133. The number of benzene rings is 2. The minimum Gasteiger partial charge on any atom is -0.337 e. The fourth-order valence-corrected chi connectivity index (χ4v) is 4.03. The Morgan fingerprint density at radius 3 is 2.68 bits per heavy atom. The van der Waals surface area contributed by atoms with Crippen LogP contribution in [0.1, 0.15) is 41.5 Å². The summed E-state index contributed by atoms with van der Waals surface area (Å²) in [5, 5.41) is 4.15. The highest BCUT2D eigenvalue weighted by molar-refractivity contribution is 7.98. The topological polar surface area (TPSA) is 59.2 Å². The van der Waals surface area contributed by atoms with Gasteiger partial charge in [0, 0.05) is 23.4 Å². The monoisotopic (exact) mass is 393 g/mol. The third-order valence-electron chi connectivity index (χ3n) is 5.24. The van der Waals surface area contributed by atoms with Crippen LogP contribution < -0.4 is 0 Å². The third-order valence-corrected chi connectivity index (χ3v) is 5.99. The van der Waals surface area contributed by atoms with Crippen LogP contribution in [0.5, 0.6) is 0 Å². The standard InChI is InChI=1S/C22H23N3O2S/c1-14-4-5-17(15(2)12-14)13-25-19(10-11-20(25)26)22-23-21(24-27-22)16-6-8-18(28-3)9-7-16/h4-9,12,19H,10-11,13H2,1-3H3. The van der Waals surface area contributed by atoms with E-state index in [1.807, 2.05) is 35.4 Å². The fourth-order valence-electron chi connectivity index (χ4n) is 3.62. The van der Waals surface area contributed by atoms with E-state index in [2.05, 4.69) is 42.2 Å². The number of rotatable bonds is 5. The van der Waals surface area contributed by atoms with E-state index in [-0.39, 0.29) is 11.9 Å². The van der Waals surface area contributed by atoms with Crippen LogP contribution in [0.4, 0.5) is 0 Å². The molecule has 5 nitrogen and oxygen atoms in total. The van der Waals surface area contributed by atoms with E-state index < -0.39 is 0 Å². The number of aromatic nitrogens is 2. The molecular formula is C22H23N3O2S. The maximum atomic E-state index is 12.5. The molecule has 0 saturated carbocycles. The smallest absolute Gasteiger partial charge is 0.249 e. The summed E-state index contributed by atoms with van der Waals surface area (Å²) >= 11 is 1.69. The second-order valence-corrected chi connectivity index (χ2v) is 8.07. The number of hydrogen-bond donors (Lipinski definition) is 0. The normalized spacial score (nSPS) is 16.8. The quantitative estimate of drug-likeness (QED) is 0.575. The molecule has 0 spiro atoms. The number of aryl methyl sites for hydroxylation is 2. The zero-order valence-electron chi connectivity index (χ0n) is 16.3. The summed E-state index contributed by atoms with van der Waals surface area (Å²) in [5.41, 5.74) is 4.48. The van der Waals surface area contributed by atoms with Crippen molar-refractivity contribution in [2.45, 2.75) is 44.2 Å². The Kier molecular flexibility index (Phi) is 5.22. The number of likely N-dealkylation sites (tertiary alicyclic amines) is 1. The molecule has 4 rings (SSSR count). The van der Waals surface area contributed by atoms with Gasteiger partial charge in [-0.3, -0.25) is 4.79 Å². The molecule has 1 fully saturated rings. The highest BCUT2D eigenvalue weighted by Crippen LogP contribution is 2.34. The molecule has 1 amide bonds. The van der Waals surface area contributed by atoms with Crippen LogP contribution in [0, 0.1) is 13.8 Å². The summed E-state index contributed by atoms with van der Waals surface area (Å²) in [6, 6.07) is 14.2. The fraction of sp³-hybridized carbons (Fsp3) is 0.318. The molecule has 1 aliphatic rings. The van der Waals surface area contributed by atoms with Gasteiger partial charge in [-0.05, 0) is 61.9 Å². The van der Waals surface area contributed by atoms with Crippen LogP contribution in [0.2, 0.25) is 0 Å². The number of nitrogens with zero attached hydrogens (tertiary/aromatic N) is 3. The van der Waals surface area contributed by atoms with E-state index in [1.54, 1.807) is 11.8 Å². The molecule has 3 aromatic rings. The van der Waals surface area contributed by atoms with Crippen LogP contribution in [0.3, 0.4) is 0 Å². The number of hydrogen-bond acceptors (Lipinski definition) is 5. The first-order valence-corrected chi connectivity index (χ1v) is 10.6. The zero-order valence-corrected chi connectivity index (χ0v) is 17.1. The van der Waals surface area contributed by atoms with E-state index >= 15 is 0 Å². The summed E-state index contributed by atoms with van der Waals surface area (Å²) in [6.07, 6.45) is 3.26. The van der Waals surface area contributed by atoms with E-state index in [9.17, 15) is 4.79 Å². The number of carbonyl (C=O) groups excluding carboxylic acids is 1. The number of amides is 1. The third kappa shape index (κ3) is 3.69. The maximum absolute atomic E-state index is 12.5. The average Bonchev–Trinajstić information content (AvgIpc) is 3.31. The molecule has 1 unspecified atom stereocenters. The highest BCUT2D eigenvalue weighted by Gasteiger charge is 2.36. The average molecular weight is 394 g/mol. The van der Waals surface area contributed by atoms with E-state index in [1.165, 1.54) is 16.0 Å². The summed E-state index contributed by atoms with van der Waals surface area (Å²) in [4.78, 5) is 20.2. The first-order chi connectivity index (χ1) is 13.5. The Morgan fingerprint density at radius 1 is 1.18 bits per heavy atom. The van der Waals surface area contributed by atoms with Gasteiger partial charge in [0.05, 0.1) is 0 Å². The summed E-state index contributed by atoms with van der Waals surface area (Å²) < 4.78 is 5.56. The molecule has 28 heavy (non-hydrogen) atoms. The molecule has 1 saturated heterocycles. The Hall–Kier alpha value is -2.60. The van der Waals surface area contributed by atoms with Crippen molar-refractivity contribution >= 4 is 17.7 Å². The Morgan fingerprint density at radius 2 is 1.96 bits per heavy atom. The Labute approximate surface area is 169 Å². The molecule has 2 heterocycles. The summed E-state index contributed by atoms with van der Waals surface area (Å²) in [5.74, 6) is 1.21. The molecule has 1 aliphatic heterocycles. The van der Waals surface area contributed by atoms with Crippen molar-refractivity contribution in [3.8, 4) is 11.4 Å². The molecular weight excluding hydrogens is 370 g/mol. The largest absolute Gasteiger partial charge is 0.337 e. The van der Waals surface area contributed by atoms with Crippen LogP contribution in [-0.4, -0.2) is 27.2 Å². The van der Waals surface area contributed by atoms with Crippen LogP contribution >= 0.6 is 11.8 Å². The lowest BCUT2D eigenvalue weighted by Crippen LogP contribution is -2.27. The van der Waals surface area contributed by atoms with Crippen LogP contribution in [-0.2, 0) is 11.3 Å². The highest BCUT2D eigenvalue weighted by atomic mass is 32.2. The molecule has 0 radical (unpaired) electrons. The van der Waals surface area contributed by atoms with Gasteiger partial charge in [0.2, 0.25) is 17.6 Å². The lowest BCUT2D eigenvalue weighted by molar-refractivity contribution is -0.130. The number of thioether (sulfide) groups is 1. The van der Waals surface area contributed by atoms with Gasteiger partial charge in [-0.15, -0.1) is 11.8 Å². The number of carbonyl (C=O) groups is 1. The van der Waals surface area contributed by atoms with Crippen LogP contribution in [0.25, 0.3) is 11.4 Å². The molecule has 1 aromatic heterocycles. The van der Waals surface area contributed by atoms with Gasteiger partial charge in [0.25, 0.3) is 0 Å².